The number of aromatic nitrogens is 1. The lowest BCUT2D eigenvalue weighted by molar-refractivity contribution is 0.102. The molecule has 0 aliphatic heterocycles. The third kappa shape index (κ3) is 4.14. The van der Waals surface area contributed by atoms with Gasteiger partial charge in [-0.05, 0) is 61.0 Å². The molecular formula is C16H16Br2N2O. The van der Waals surface area contributed by atoms with E-state index in [9.17, 15) is 4.79 Å². The third-order valence-electron chi connectivity index (χ3n) is 3.05. The topological polar surface area (TPSA) is 42.0 Å². The number of carbonyl (C=O) groups is 1. The van der Waals surface area contributed by atoms with Crippen molar-refractivity contribution in [1.29, 1.82) is 0 Å². The first-order chi connectivity index (χ1) is 9.77. The Balaban J connectivity index is 2.22. The Morgan fingerprint density at radius 2 is 1.86 bits per heavy atom. The van der Waals surface area contributed by atoms with Crippen LogP contribution in [0.3, 0.4) is 0 Å². The van der Waals surface area contributed by atoms with Crippen molar-refractivity contribution in [3.8, 4) is 0 Å². The van der Waals surface area contributed by atoms with Crippen LogP contribution in [0.2, 0.25) is 0 Å². The van der Waals surface area contributed by atoms with Crippen LogP contribution < -0.4 is 5.32 Å². The fraction of sp³-hybridized carbons (Fsp3) is 0.250. The van der Waals surface area contributed by atoms with Crippen LogP contribution in [0.1, 0.15) is 36.7 Å². The van der Waals surface area contributed by atoms with Gasteiger partial charge in [0.2, 0.25) is 0 Å². The summed E-state index contributed by atoms with van der Waals surface area (Å²) < 4.78 is 1.64. The number of benzene rings is 1. The van der Waals surface area contributed by atoms with Crippen molar-refractivity contribution in [2.75, 3.05) is 5.32 Å². The summed E-state index contributed by atoms with van der Waals surface area (Å²) in [7, 11) is 0. The Kier molecular flexibility index (Phi) is 4.84. The molecule has 1 N–H and O–H groups in total. The Morgan fingerprint density at radius 3 is 2.43 bits per heavy atom. The van der Waals surface area contributed by atoms with E-state index in [1.807, 2.05) is 18.2 Å². The van der Waals surface area contributed by atoms with Crippen LogP contribution in [0.15, 0.2) is 45.6 Å². The highest BCUT2D eigenvalue weighted by molar-refractivity contribution is 9.10. The average Bonchev–Trinajstić information content (AvgIpc) is 2.39. The van der Waals surface area contributed by atoms with Crippen LogP contribution >= 0.6 is 31.9 Å². The van der Waals surface area contributed by atoms with E-state index < -0.39 is 0 Å². The van der Waals surface area contributed by atoms with E-state index in [2.05, 4.69) is 62.9 Å². The van der Waals surface area contributed by atoms with E-state index in [-0.39, 0.29) is 11.3 Å². The molecule has 0 aliphatic rings. The molecule has 0 unspecified atom stereocenters. The van der Waals surface area contributed by atoms with Crippen LogP contribution in [-0.2, 0) is 5.41 Å². The molecule has 0 fully saturated rings. The summed E-state index contributed by atoms with van der Waals surface area (Å²) >= 11 is 6.83. The van der Waals surface area contributed by atoms with Gasteiger partial charge in [0.15, 0.2) is 0 Å². The first-order valence-electron chi connectivity index (χ1n) is 6.49. The highest BCUT2D eigenvalue weighted by Crippen LogP contribution is 2.30. The van der Waals surface area contributed by atoms with E-state index in [0.717, 1.165) is 14.6 Å². The summed E-state index contributed by atoms with van der Waals surface area (Å²) in [5.41, 5.74) is 2.53. The third-order valence-corrected chi connectivity index (χ3v) is 4.14. The fourth-order valence-electron chi connectivity index (χ4n) is 1.81. The maximum absolute atomic E-state index is 12.2. The van der Waals surface area contributed by atoms with Gasteiger partial charge < -0.3 is 5.32 Å². The molecule has 0 saturated heterocycles. The fourth-order valence-corrected chi connectivity index (χ4v) is 2.66. The predicted octanol–water partition coefficient (Wildman–Crippen LogP) is 5.16. The van der Waals surface area contributed by atoms with Crippen molar-refractivity contribution in [2.45, 2.75) is 26.2 Å². The molecule has 21 heavy (non-hydrogen) atoms. The minimum Gasteiger partial charge on any atom is -0.321 e. The van der Waals surface area contributed by atoms with Gasteiger partial charge >= 0.3 is 0 Å². The van der Waals surface area contributed by atoms with E-state index in [1.54, 1.807) is 12.3 Å². The minimum atomic E-state index is -0.187. The van der Waals surface area contributed by atoms with Gasteiger partial charge in [-0.2, -0.15) is 0 Å². The Bertz CT molecular complexity index is 678. The molecule has 3 nitrogen and oxygen atoms in total. The zero-order chi connectivity index (χ0) is 15.6. The molecule has 1 aromatic heterocycles. The number of nitrogens with zero attached hydrogens (tertiary/aromatic N) is 1. The van der Waals surface area contributed by atoms with Gasteiger partial charge in [-0.1, -0.05) is 26.8 Å². The molecule has 2 aromatic rings. The first kappa shape index (κ1) is 16.2. The molecule has 0 aliphatic carbocycles. The van der Waals surface area contributed by atoms with Crippen molar-refractivity contribution >= 4 is 43.5 Å². The van der Waals surface area contributed by atoms with Crippen LogP contribution in [0.4, 0.5) is 5.69 Å². The number of anilines is 1. The molecular weight excluding hydrogens is 396 g/mol. The highest BCUT2D eigenvalue weighted by Gasteiger charge is 2.16. The summed E-state index contributed by atoms with van der Waals surface area (Å²) in [6, 6.07) is 7.71. The van der Waals surface area contributed by atoms with Gasteiger partial charge in [0.05, 0.1) is 11.3 Å². The quantitative estimate of drug-likeness (QED) is 0.741. The lowest BCUT2D eigenvalue weighted by atomic mass is 9.87. The standard InChI is InChI=1S/C16H16Br2N2O/c1-16(2,3)11-4-5-14(13(18)7-11)20-15(21)10-6-12(17)9-19-8-10/h4-9H,1-3H3,(H,20,21). The number of hydrogen-bond donors (Lipinski definition) is 1. The van der Waals surface area contributed by atoms with Gasteiger partial charge in [0.1, 0.15) is 0 Å². The zero-order valence-electron chi connectivity index (χ0n) is 12.1. The summed E-state index contributed by atoms with van der Waals surface area (Å²) in [6.07, 6.45) is 3.18. The smallest absolute Gasteiger partial charge is 0.257 e. The maximum atomic E-state index is 12.2. The van der Waals surface area contributed by atoms with Crippen molar-refractivity contribution in [3.05, 3.63) is 56.7 Å². The van der Waals surface area contributed by atoms with Crippen LogP contribution in [0, 0.1) is 0 Å². The highest BCUT2D eigenvalue weighted by atomic mass is 79.9. The van der Waals surface area contributed by atoms with Crippen molar-refractivity contribution < 1.29 is 4.79 Å². The number of carbonyl (C=O) groups excluding carboxylic acids is 1. The first-order valence-corrected chi connectivity index (χ1v) is 8.08. The molecule has 0 radical (unpaired) electrons. The molecule has 1 amide bonds. The SMILES string of the molecule is CC(C)(C)c1ccc(NC(=O)c2cncc(Br)c2)c(Br)c1. The molecule has 2 rings (SSSR count). The second-order valence-electron chi connectivity index (χ2n) is 5.79. The monoisotopic (exact) mass is 410 g/mol. The number of pyridine rings is 1. The normalized spacial score (nSPS) is 11.3. The van der Waals surface area contributed by atoms with Crippen molar-refractivity contribution in [1.82, 2.24) is 4.98 Å². The zero-order valence-corrected chi connectivity index (χ0v) is 15.2. The van der Waals surface area contributed by atoms with Crippen LogP contribution in [0.5, 0.6) is 0 Å². The van der Waals surface area contributed by atoms with Gasteiger partial charge in [0, 0.05) is 21.3 Å². The lowest BCUT2D eigenvalue weighted by Crippen LogP contribution is -2.14. The van der Waals surface area contributed by atoms with Crippen molar-refractivity contribution in [3.63, 3.8) is 0 Å². The number of nitrogens with one attached hydrogen (secondary N) is 1. The maximum Gasteiger partial charge on any atom is 0.257 e. The minimum absolute atomic E-state index is 0.0687. The van der Waals surface area contributed by atoms with Crippen LogP contribution in [0.25, 0.3) is 0 Å². The van der Waals surface area contributed by atoms with Crippen molar-refractivity contribution in [2.24, 2.45) is 0 Å². The molecule has 0 atom stereocenters. The van der Waals surface area contributed by atoms with Crippen LogP contribution in [-0.4, -0.2) is 10.9 Å². The van der Waals surface area contributed by atoms with Gasteiger partial charge in [-0.3, -0.25) is 9.78 Å². The molecule has 5 heteroatoms. The summed E-state index contributed by atoms with van der Waals surface area (Å²) in [5.74, 6) is -0.187. The summed E-state index contributed by atoms with van der Waals surface area (Å²) in [6.45, 7) is 6.46. The van der Waals surface area contributed by atoms with Gasteiger partial charge in [0.25, 0.3) is 5.91 Å². The van der Waals surface area contributed by atoms with Gasteiger partial charge in [-0.25, -0.2) is 0 Å². The number of amides is 1. The van der Waals surface area contributed by atoms with E-state index in [0.29, 0.717) is 5.56 Å². The number of rotatable bonds is 2. The Hall–Kier alpha value is -1.20. The second-order valence-corrected chi connectivity index (χ2v) is 7.56. The second kappa shape index (κ2) is 6.28. The number of halogens is 2. The largest absolute Gasteiger partial charge is 0.321 e. The molecule has 0 bridgehead atoms. The predicted molar refractivity (Wildman–Crippen MR) is 92.7 cm³/mol. The van der Waals surface area contributed by atoms with E-state index in [4.69, 9.17) is 0 Å². The number of hydrogen-bond acceptors (Lipinski definition) is 2. The molecule has 1 heterocycles. The molecule has 0 spiro atoms. The van der Waals surface area contributed by atoms with Gasteiger partial charge in [-0.15, -0.1) is 0 Å². The summed E-state index contributed by atoms with van der Waals surface area (Å²) in [5, 5.41) is 2.89. The molecule has 1 aromatic carbocycles. The molecule has 110 valence electrons. The van der Waals surface area contributed by atoms with E-state index in [1.165, 1.54) is 11.8 Å². The Labute approximate surface area is 141 Å². The Morgan fingerprint density at radius 1 is 1.14 bits per heavy atom. The van der Waals surface area contributed by atoms with E-state index >= 15 is 0 Å². The average molecular weight is 412 g/mol. The lowest BCUT2D eigenvalue weighted by Gasteiger charge is -2.20. The summed E-state index contributed by atoms with van der Waals surface area (Å²) in [4.78, 5) is 16.2. The molecule has 0 saturated carbocycles.